The first-order chi connectivity index (χ1) is 8.45. The predicted molar refractivity (Wildman–Crippen MR) is 72.9 cm³/mol. The van der Waals surface area contributed by atoms with Gasteiger partial charge in [0.1, 0.15) is 0 Å². The van der Waals surface area contributed by atoms with Crippen molar-refractivity contribution in [3.63, 3.8) is 0 Å². The molecule has 0 spiro atoms. The first-order valence-electron chi connectivity index (χ1n) is 6.22. The number of amides is 2. The summed E-state index contributed by atoms with van der Waals surface area (Å²) in [5.74, 6) is -0.212. The molecule has 104 valence electrons. The van der Waals surface area contributed by atoms with Crippen molar-refractivity contribution in [2.24, 2.45) is 11.8 Å². The van der Waals surface area contributed by atoms with Crippen LogP contribution in [-0.2, 0) is 4.79 Å². The van der Waals surface area contributed by atoms with Gasteiger partial charge in [-0.15, -0.1) is 0 Å². The summed E-state index contributed by atoms with van der Waals surface area (Å²) in [6.45, 7) is 4.70. The number of carboxylic acid groups (broad SMARTS) is 1. The molecule has 2 N–H and O–H groups in total. The lowest BCUT2D eigenvalue weighted by Gasteiger charge is -2.20. The van der Waals surface area contributed by atoms with Crippen molar-refractivity contribution in [2.75, 3.05) is 25.1 Å². The molecule has 0 bridgehead atoms. The molecule has 3 atom stereocenters. The molecule has 1 fully saturated rings. The summed E-state index contributed by atoms with van der Waals surface area (Å²) in [4.78, 5) is 24.5. The van der Waals surface area contributed by atoms with Crippen LogP contribution in [0.4, 0.5) is 4.79 Å². The van der Waals surface area contributed by atoms with Gasteiger partial charge in [0.25, 0.3) is 0 Å². The summed E-state index contributed by atoms with van der Waals surface area (Å²) in [6, 6.07) is -0.0108. The minimum Gasteiger partial charge on any atom is -0.481 e. The summed E-state index contributed by atoms with van der Waals surface area (Å²) in [5, 5.41) is 11.9. The van der Waals surface area contributed by atoms with Crippen LogP contribution in [0.3, 0.4) is 0 Å². The number of nitrogens with one attached hydrogen (secondary N) is 1. The molecule has 1 aliphatic rings. The molecule has 1 heterocycles. The van der Waals surface area contributed by atoms with Gasteiger partial charge >= 0.3 is 12.0 Å². The highest BCUT2D eigenvalue weighted by atomic mass is 32.2. The van der Waals surface area contributed by atoms with Crippen LogP contribution in [0.1, 0.15) is 20.3 Å². The molecule has 0 aromatic heterocycles. The molecule has 5 nitrogen and oxygen atoms in total. The van der Waals surface area contributed by atoms with Crippen LogP contribution in [-0.4, -0.2) is 53.1 Å². The minimum atomic E-state index is -0.812. The highest BCUT2D eigenvalue weighted by Gasteiger charge is 2.37. The van der Waals surface area contributed by atoms with Crippen LogP contribution < -0.4 is 5.32 Å². The zero-order valence-electron chi connectivity index (χ0n) is 11.2. The minimum absolute atomic E-state index is 0.0229. The van der Waals surface area contributed by atoms with E-state index in [9.17, 15) is 9.59 Å². The number of hydrogen-bond acceptors (Lipinski definition) is 3. The van der Waals surface area contributed by atoms with E-state index in [1.165, 1.54) is 0 Å². The molecule has 18 heavy (non-hydrogen) atoms. The lowest BCUT2D eigenvalue weighted by molar-refractivity contribution is -0.142. The number of hydrogen-bond donors (Lipinski definition) is 2. The van der Waals surface area contributed by atoms with E-state index in [0.717, 1.165) is 12.2 Å². The fourth-order valence-electron chi connectivity index (χ4n) is 2.12. The summed E-state index contributed by atoms with van der Waals surface area (Å²) in [6.07, 6.45) is 2.97. The highest BCUT2D eigenvalue weighted by molar-refractivity contribution is 7.98. The molecule has 1 aliphatic heterocycles. The van der Waals surface area contributed by atoms with Gasteiger partial charge in [-0.2, -0.15) is 11.8 Å². The number of urea groups is 1. The standard InChI is InChI=1S/C12H22N2O3S/c1-8-6-14(7-10(8)11(15)16)12(17)13-9(2)4-5-18-3/h8-10H,4-7H2,1-3H3,(H,13,17)(H,15,16)/t8-,9?,10-/m1/s1. The topological polar surface area (TPSA) is 69.6 Å². The number of nitrogens with zero attached hydrogens (tertiary/aromatic N) is 1. The van der Waals surface area contributed by atoms with Gasteiger partial charge < -0.3 is 15.3 Å². The van der Waals surface area contributed by atoms with Gasteiger partial charge in [-0.1, -0.05) is 6.92 Å². The number of likely N-dealkylation sites (tertiary alicyclic amines) is 1. The largest absolute Gasteiger partial charge is 0.481 e. The molecule has 1 rings (SSSR count). The van der Waals surface area contributed by atoms with E-state index >= 15 is 0 Å². The predicted octanol–water partition coefficient (Wildman–Crippen LogP) is 1.49. The van der Waals surface area contributed by atoms with E-state index < -0.39 is 11.9 Å². The van der Waals surface area contributed by atoms with Gasteiger partial charge in [0.15, 0.2) is 0 Å². The van der Waals surface area contributed by atoms with Crippen LogP contribution >= 0.6 is 11.8 Å². The van der Waals surface area contributed by atoms with Gasteiger partial charge in [-0.05, 0) is 31.3 Å². The monoisotopic (exact) mass is 274 g/mol. The SMILES string of the molecule is CSCCC(C)NC(=O)N1C[C@@H](C)[C@H](C(=O)O)C1. The Kier molecular flexibility index (Phi) is 5.78. The molecular weight excluding hydrogens is 252 g/mol. The second kappa shape index (κ2) is 6.87. The van der Waals surface area contributed by atoms with Gasteiger partial charge in [-0.25, -0.2) is 4.79 Å². The average Bonchev–Trinajstić information content (AvgIpc) is 2.68. The Morgan fingerprint density at radius 2 is 2.17 bits per heavy atom. The smallest absolute Gasteiger partial charge is 0.317 e. The van der Waals surface area contributed by atoms with Gasteiger partial charge in [0.2, 0.25) is 0 Å². The number of thioether (sulfide) groups is 1. The number of carboxylic acids is 1. The first-order valence-corrected chi connectivity index (χ1v) is 7.62. The van der Waals surface area contributed by atoms with Crippen LogP contribution in [0.25, 0.3) is 0 Å². The first kappa shape index (κ1) is 15.1. The molecule has 0 aromatic rings. The van der Waals surface area contributed by atoms with Crippen molar-refractivity contribution in [1.82, 2.24) is 10.2 Å². The van der Waals surface area contributed by atoms with Crippen molar-refractivity contribution in [3.05, 3.63) is 0 Å². The van der Waals surface area contributed by atoms with E-state index in [4.69, 9.17) is 5.11 Å². The maximum absolute atomic E-state index is 11.9. The van der Waals surface area contributed by atoms with Crippen molar-refractivity contribution in [2.45, 2.75) is 26.3 Å². The average molecular weight is 274 g/mol. The molecule has 6 heteroatoms. The zero-order valence-corrected chi connectivity index (χ0v) is 12.0. The van der Waals surface area contributed by atoms with E-state index in [1.54, 1.807) is 16.7 Å². The molecule has 0 saturated carbocycles. The molecule has 1 saturated heterocycles. The molecular formula is C12H22N2O3S. The third-order valence-electron chi connectivity index (χ3n) is 3.34. The Morgan fingerprint density at radius 1 is 1.50 bits per heavy atom. The Bertz CT molecular complexity index is 312. The van der Waals surface area contributed by atoms with Crippen molar-refractivity contribution < 1.29 is 14.7 Å². The summed E-state index contributed by atoms with van der Waals surface area (Å²) >= 11 is 1.75. The van der Waals surface area contributed by atoms with E-state index in [1.807, 2.05) is 20.1 Å². The molecule has 1 unspecified atom stereocenters. The quantitative estimate of drug-likeness (QED) is 0.797. The number of carbonyl (C=O) groups excluding carboxylic acids is 1. The van der Waals surface area contributed by atoms with Gasteiger partial charge in [0, 0.05) is 19.1 Å². The van der Waals surface area contributed by atoms with Crippen LogP contribution in [0.5, 0.6) is 0 Å². The number of carbonyl (C=O) groups is 2. The normalized spacial score (nSPS) is 24.9. The Balaban J connectivity index is 2.42. The second-order valence-corrected chi connectivity index (χ2v) is 5.94. The molecule has 2 amide bonds. The Hall–Kier alpha value is -0.910. The Morgan fingerprint density at radius 3 is 2.67 bits per heavy atom. The third kappa shape index (κ3) is 4.08. The molecule has 0 radical (unpaired) electrons. The lowest BCUT2D eigenvalue weighted by Crippen LogP contribution is -2.43. The Labute approximate surface area is 112 Å². The molecule has 0 aromatic carbocycles. The number of aliphatic carboxylic acids is 1. The summed E-state index contributed by atoms with van der Waals surface area (Å²) in [5.41, 5.74) is 0. The fourth-order valence-corrected chi connectivity index (χ4v) is 2.71. The highest BCUT2D eigenvalue weighted by Crippen LogP contribution is 2.23. The van der Waals surface area contributed by atoms with Crippen molar-refractivity contribution >= 4 is 23.8 Å². The second-order valence-electron chi connectivity index (χ2n) is 4.96. The van der Waals surface area contributed by atoms with Crippen LogP contribution in [0, 0.1) is 11.8 Å². The van der Waals surface area contributed by atoms with E-state index in [2.05, 4.69) is 5.32 Å². The summed E-state index contributed by atoms with van der Waals surface area (Å²) < 4.78 is 0. The molecule has 0 aliphatic carbocycles. The maximum Gasteiger partial charge on any atom is 0.317 e. The van der Waals surface area contributed by atoms with Gasteiger partial charge in [-0.3, -0.25) is 4.79 Å². The number of rotatable bonds is 5. The third-order valence-corrected chi connectivity index (χ3v) is 3.99. The fraction of sp³-hybridized carbons (Fsp3) is 0.833. The zero-order chi connectivity index (χ0) is 13.7. The van der Waals surface area contributed by atoms with Crippen LogP contribution in [0.2, 0.25) is 0 Å². The van der Waals surface area contributed by atoms with E-state index in [-0.39, 0.29) is 18.0 Å². The van der Waals surface area contributed by atoms with Crippen molar-refractivity contribution in [1.29, 1.82) is 0 Å². The summed E-state index contributed by atoms with van der Waals surface area (Å²) in [7, 11) is 0. The maximum atomic E-state index is 11.9. The van der Waals surface area contributed by atoms with Crippen molar-refractivity contribution in [3.8, 4) is 0 Å². The van der Waals surface area contributed by atoms with Crippen LogP contribution in [0.15, 0.2) is 0 Å². The van der Waals surface area contributed by atoms with Gasteiger partial charge in [0.05, 0.1) is 5.92 Å². The van der Waals surface area contributed by atoms with E-state index in [0.29, 0.717) is 13.1 Å². The lowest BCUT2D eigenvalue weighted by atomic mass is 9.99.